The zero-order valence-corrected chi connectivity index (χ0v) is 12.6. The van der Waals surface area contributed by atoms with Crippen molar-refractivity contribution in [1.82, 2.24) is 0 Å². The van der Waals surface area contributed by atoms with E-state index in [2.05, 4.69) is 13.8 Å². The van der Waals surface area contributed by atoms with E-state index in [-0.39, 0.29) is 12.2 Å². The van der Waals surface area contributed by atoms with Gasteiger partial charge in [-0.15, -0.1) is 0 Å². The molecule has 2 fully saturated rings. The topological polar surface area (TPSA) is 27.7 Å². The Hall–Kier alpha value is -0.120. The highest BCUT2D eigenvalue weighted by atomic mass is 16.6. The van der Waals surface area contributed by atoms with Gasteiger partial charge in [-0.3, -0.25) is 0 Å². The average Bonchev–Trinajstić information content (AvgIpc) is 3.10. The second kappa shape index (κ2) is 8.23. The van der Waals surface area contributed by atoms with Gasteiger partial charge < -0.3 is 14.2 Å². The Morgan fingerprint density at radius 3 is 1.68 bits per heavy atom. The van der Waals surface area contributed by atoms with Gasteiger partial charge in [-0.1, -0.05) is 26.7 Å². The van der Waals surface area contributed by atoms with Crippen LogP contribution in [0.4, 0.5) is 0 Å². The lowest BCUT2D eigenvalue weighted by atomic mass is 10.0. The van der Waals surface area contributed by atoms with Crippen molar-refractivity contribution in [3.8, 4) is 0 Å². The molecular formula is C16H30O3. The largest absolute Gasteiger partial charge is 0.376 e. The van der Waals surface area contributed by atoms with Crippen LogP contribution in [0.15, 0.2) is 0 Å². The van der Waals surface area contributed by atoms with Gasteiger partial charge in [0.2, 0.25) is 0 Å². The summed E-state index contributed by atoms with van der Waals surface area (Å²) >= 11 is 0. The van der Waals surface area contributed by atoms with Crippen LogP contribution < -0.4 is 0 Å². The number of hydrogen-bond acceptors (Lipinski definition) is 3. The minimum absolute atomic E-state index is 0.272. The van der Waals surface area contributed by atoms with Crippen molar-refractivity contribution < 1.29 is 14.2 Å². The first-order valence-corrected chi connectivity index (χ1v) is 8.23. The average molecular weight is 270 g/mol. The van der Waals surface area contributed by atoms with Gasteiger partial charge in [0.05, 0.1) is 24.4 Å². The van der Waals surface area contributed by atoms with E-state index in [1.54, 1.807) is 0 Å². The summed E-state index contributed by atoms with van der Waals surface area (Å²) in [6, 6.07) is 0. The highest BCUT2D eigenvalue weighted by Gasteiger charge is 2.32. The van der Waals surface area contributed by atoms with Crippen LogP contribution in [0.5, 0.6) is 0 Å². The molecule has 2 heterocycles. The molecule has 2 aliphatic rings. The van der Waals surface area contributed by atoms with Crippen LogP contribution in [0.2, 0.25) is 0 Å². The molecule has 3 heteroatoms. The summed E-state index contributed by atoms with van der Waals surface area (Å²) in [6.07, 6.45) is 10.4. The SMILES string of the molecule is CCCC(OC(CCC)C1CCCO1)C1CCCO1. The summed E-state index contributed by atoms with van der Waals surface area (Å²) in [5, 5.41) is 0. The second-order valence-electron chi connectivity index (χ2n) is 5.89. The first kappa shape index (κ1) is 15.3. The lowest BCUT2D eigenvalue weighted by molar-refractivity contribution is -0.128. The first-order chi connectivity index (χ1) is 9.35. The Morgan fingerprint density at radius 1 is 0.895 bits per heavy atom. The van der Waals surface area contributed by atoms with E-state index in [0.29, 0.717) is 12.2 Å². The molecule has 0 radical (unpaired) electrons. The van der Waals surface area contributed by atoms with Gasteiger partial charge in [0.15, 0.2) is 0 Å². The van der Waals surface area contributed by atoms with Crippen LogP contribution in [0.1, 0.15) is 65.2 Å². The molecule has 0 bridgehead atoms. The van der Waals surface area contributed by atoms with Crippen LogP contribution in [-0.4, -0.2) is 37.6 Å². The second-order valence-corrected chi connectivity index (χ2v) is 5.89. The van der Waals surface area contributed by atoms with Gasteiger partial charge in [-0.2, -0.15) is 0 Å². The van der Waals surface area contributed by atoms with E-state index < -0.39 is 0 Å². The lowest BCUT2D eigenvalue weighted by Gasteiger charge is -2.31. The molecule has 4 unspecified atom stereocenters. The molecule has 2 saturated heterocycles. The minimum Gasteiger partial charge on any atom is -0.376 e. The zero-order chi connectivity index (χ0) is 13.5. The molecule has 19 heavy (non-hydrogen) atoms. The molecule has 0 aliphatic carbocycles. The van der Waals surface area contributed by atoms with E-state index in [1.165, 1.54) is 12.8 Å². The fraction of sp³-hybridized carbons (Fsp3) is 1.00. The maximum absolute atomic E-state index is 6.45. The molecule has 0 aromatic rings. The maximum Gasteiger partial charge on any atom is 0.0841 e. The van der Waals surface area contributed by atoms with Gasteiger partial charge in [0.25, 0.3) is 0 Å². The van der Waals surface area contributed by atoms with Crippen LogP contribution in [0.25, 0.3) is 0 Å². The lowest BCUT2D eigenvalue weighted by Crippen LogP contribution is -2.38. The molecule has 0 spiro atoms. The van der Waals surface area contributed by atoms with Crippen molar-refractivity contribution in [3.05, 3.63) is 0 Å². The van der Waals surface area contributed by atoms with Crippen molar-refractivity contribution in [2.24, 2.45) is 0 Å². The van der Waals surface area contributed by atoms with Crippen LogP contribution in [0.3, 0.4) is 0 Å². The maximum atomic E-state index is 6.45. The van der Waals surface area contributed by atoms with Crippen molar-refractivity contribution in [2.75, 3.05) is 13.2 Å². The van der Waals surface area contributed by atoms with E-state index in [1.807, 2.05) is 0 Å². The van der Waals surface area contributed by atoms with Crippen LogP contribution in [-0.2, 0) is 14.2 Å². The monoisotopic (exact) mass is 270 g/mol. The van der Waals surface area contributed by atoms with Crippen molar-refractivity contribution in [2.45, 2.75) is 89.6 Å². The van der Waals surface area contributed by atoms with Gasteiger partial charge in [-0.05, 0) is 38.5 Å². The summed E-state index contributed by atoms with van der Waals surface area (Å²) in [5.74, 6) is 0. The van der Waals surface area contributed by atoms with Crippen LogP contribution in [0, 0.1) is 0 Å². The molecule has 3 nitrogen and oxygen atoms in total. The van der Waals surface area contributed by atoms with Crippen molar-refractivity contribution in [1.29, 1.82) is 0 Å². The summed E-state index contributed by atoms with van der Waals surface area (Å²) < 4.78 is 18.1. The standard InChI is InChI=1S/C16H30O3/c1-3-7-15(13-9-5-11-17-13)19-16(8-4-2)14-10-6-12-18-14/h13-16H,3-12H2,1-2H3. The summed E-state index contributed by atoms with van der Waals surface area (Å²) in [6.45, 7) is 6.28. The first-order valence-electron chi connectivity index (χ1n) is 8.23. The van der Waals surface area contributed by atoms with Gasteiger partial charge in [0.1, 0.15) is 0 Å². The van der Waals surface area contributed by atoms with E-state index >= 15 is 0 Å². The van der Waals surface area contributed by atoms with E-state index in [9.17, 15) is 0 Å². The molecule has 2 aliphatic heterocycles. The summed E-state index contributed by atoms with van der Waals surface area (Å²) in [7, 11) is 0. The van der Waals surface area contributed by atoms with Gasteiger partial charge in [0, 0.05) is 13.2 Å². The van der Waals surface area contributed by atoms with Gasteiger partial charge >= 0.3 is 0 Å². The predicted molar refractivity (Wildman–Crippen MR) is 76.4 cm³/mol. The number of rotatable bonds is 8. The quantitative estimate of drug-likeness (QED) is 0.673. The molecule has 4 atom stereocenters. The summed E-state index contributed by atoms with van der Waals surface area (Å²) in [4.78, 5) is 0. The normalized spacial score (nSPS) is 30.6. The molecule has 0 N–H and O–H groups in total. The molecule has 0 saturated carbocycles. The minimum atomic E-state index is 0.272. The third-order valence-electron chi connectivity index (χ3n) is 4.26. The van der Waals surface area contributed by atoms with E-state index in [4.69, 9.17) is 14.2 Å². The molecule has 2 rings (SSSR count). The summed E-state index contributed by atoms with van der Waals surface area (Å²) in [5.41, 5.74) is 0. The molecule has 0 amide bonds. The Labute approximate surface area is 118 Å². The molecule has 112 valence electrons. The fourth-order valence-corrected chi connectivity index (χ4v) is 3.27. The molecule has 0 aromatic carbocycles. The Kier molecular flexibility index (Phi) is 6.62. The predicted octanol–water partition coefficient (Wildman–Crippen LogP) is 3.70. The fourth-order valence-electron chi connectivity index (χ4n) is 3.27. The molecule has 0 aromatic heterocycles. The third-order valence-corrected chi connectivity index (χ3v) is 4.26. The van der Waals surface area contributed by atoms with Gasteiger partial charge in [-0.25, -0.2) is 0 Å². The zero-order valence-electron chi connectivity index (χ0n) is 12.6. The van der Waals surface area contributed by atoms with Crippen LogP contribution >= 0.6 is 0 Å². The van der Waals surface area contributed by atoms with E-state index in [0.717, 1.165) is 51.7 Å². The molecular weight excluding hydrogens is 240 g/mol. The number of ether oxygens (including phenoxy) is 3. The van der Waals surface area contributed by atoms with Crippen molar-refractivity contribution >= 4 is 0 Å². The smallest absolute Gasteiger partial charge is 0.0841 e. The highest BCUT2D eigenvalue weighted by Crippen LogP contribution is 2.27. The Balaban J connectivity index is 1.90. The Bertz CT molecular complexity index is 208. The Morgan fingerprint density at radius 2 is 1.37 bits per heavy atom. The highest BCUT2D eigenvalue weighted by molar-refractivity contribution is 4.81. The number of hydrogen-bond donors (Lipinski definition) is 0. The third kappa shape index (κ3) is 4.44. The van der Waals surface area contributed by atoms with Crippen molar-refractivity contribution in [3.63, 3.8) is 0 Å².